The molecule has 1 aromatic carbocycles. The van der Waals surface area contributed by atoms with Crippen LogP contribution in [0, 0.1) is 0 Å². The fourth-order valence-electron chi connectivity index (χ4n) is 1.10. The number of hydrogen-bond donors (Lipinski definition) is 4. The molecule has 1 rings (SSSR count). The highest BCUT2D eigenvalue weighted by Gasteiger charge is 2.06. The van der Waals surface area contributed by atoms with E-state index in [4.69, 9.17) is 10.5 Å². The number of primary amides is 1. The molecule has 0 aromatic heterocycles. The van der Waals surface area contributed by atoms with Crippen molar-refractivity contribution in [2.45, 2.75) is 6.61 Å². The molecule has 0 spiro atoms. The fourth-order valence-corrected chi connectivity index (χ4v) is 1.10. The first-order valence-corrected chi connectivity index (χ1v) is 5.37. The van der Waals surface area contributed by atoms with E-state index in [0.29, 0.717) is 0 Å². The standard InChI is InChI=1S/C11H14N4O4/c12-10(17)15-14-9(16)6-13-11(18)19-7-8-4-2-1-3-5-8/h1-5H,6-7H2,(H,13,18)(H,14,16)(H3,12,15,17). The van der Waals surface area contributed by atoms with Gasteiger partial charge in [0.25, 0.3) is 5.91 Å². The molecule has 5 N–H and O–H groups in total. The Balaban J connectivity index is 2.17. The Hall–Kier alpha value is -2.77. The minimum atomic E-state index is -0.903. The zero-order valence-electron chi connectivity index (χ0n) is 10.0. The van der Waals surface area contributed by atoms with Crippen molar-refractivity contribution in [2.75, 3.05) is 6.54 Å². The van der Waals surface area contributed by atoms with Gasteiger partial charge in [-0.05, 0) is 5.56 Å². The monoisotopic (exact) mass is 266 g/mol. The van der Waals surface area contributed by atoms with E-state index in [1.165, 1.54) is 0 Å². The van der Waals surface area contributed by atoms with E-state index >= 15 is 0 Å². The fraction of sp³-hybridized carbons (Fsp3) is 0.182. The maximum Gasteiger partial charge on any atom is 0.407 e. The smallest absolute Gasteiger partial charge is 0.407 e. The molecule has 0 saturated carbocycles. The Morgan fingerprint density at radius 2 is 1.79 bits per heavy atom. The van der Waals surface area contributed by atoms with Crippen molar-refractivity contribution < 1.29 is 19.1 Å². The summed E-state index contributed by atoms with van der Waals surface area (Å²) in [6.45, 7) is -0.234. The molecule has 0 heterocycles. The maximum absolute atomic E-state index is 11.2. The van der Waals surface area contributed by atoms with Crippen molar-refractivity contribution in [3.05, 3.63) is 35.9 Å². The van der Waals surface area contributed by atoms with Gasteiger partial charge in [0.15, 0.2) is 0 Å². The van der Waals surface area contributed by atoms with Crippen molar-refractivity contribution in [3.8, 4) is 0 Å². The molecule has 19 heavy (non-hydrogen) atoms. The molecule has 1 aromatic rings. The third-order valence-electron chi connectivity index (χ3n) is 1.93. The van der Waals surface area contributed by atoms with Gasteiger partial charge in [-0.25, -0.2) is 15.0 Å². The van der Waals surface area contributed by atoms with Gasteiger partial charge in [0.1, 0.15) is 13.2 Å². The second-order valence-electron chi connectivity index (χ2n) is 3.45. The largest absolute Gasteiger partial charge is 0.445 e. The Labute approximate surface area is 109 Å². The summed E-state index contributed by atoms with van der Waals surface area (Å²) in [4.78, 5) is 32.6. The molecule has 8 nitrogen and oxygen atoms in total. The van der Waals surface area contributed by atoms with Gasteiger partial charge in [0.05, 0.1) is 0 Å². The van der Waals surface area contributed by atoms with Gasteiger partial charge in [-0.15, -0.1) is 0 Å². The number of amides is 4. The molecule has 0 aliphatic heterocycles. The minimum absolute atomic E-state index is 0.105. The Kier molecular flexibility index (Phi) is 5.67. The second kappa shape index (κ2) is 7.54. The summed E-state index contributed by atoms with van der Waals surface area (Å²) >= 11 is 0. The molecule has 0 atom stereocenters. The van der Waals surface area contributed by atoms with Crippen LogP contribution in [-0.2, 0) is 16.1 Å². The molecule has 0 aliphatic rings. The molecule has 4 amide bonds. The Morgan fingerprint density at radius 1 is 1.11 bits per heavy atom. The van der Waals surface area contributed by atoms with E-state index in [1.54, 1.807) is 12.1 Å². The number of ether oxygens (including phenoxy) is 1. The van der Waals surface area contributed by atoms with Gasteiger partial charge in [-0.3, -0.25) is 10.2 Å². The number of hydrazine groups is 1. The average molecular weight is 266 g/mol. The van der Waals surface area contributed by atoms with Crippen LogP contribution in [-0.4, -0.2) is 24.6 Å². The van der Waals surface area contributed by atoms with Crippen molar-refractivity contribution >= 4 is 18.0 Å². The van der Waals surface area contributed by atoms with Crippen LogP contribution >= 0.6 is 0 Å². The second-order valence-corrected chi connectivity index (χ2v) is 3.45. The van der Waals surface area contributed by atoms with Gasteiger partial charge in [0, 0.05) is 0 Å². The summed E-state index contributed by atoms with van der Waals surface area (Å²) < 4.78 is 4.86. The van der Waals surface area contributed by atoms with E-state index < -0.39 is 18.0 Å². The predicted octanol–water partition coefficient (Wildman–Crippen LogP) is -0.388. The Bertz CT molecular complexity index is 449. The normalized spacial score (nSPS) is 9.26. The molecule has 0 radical (unpaired) electrons. The van der Waals surface area contributed by atoms with Crippen LogP contribution in [0.3, 0.4) is 0 Å². The SMILES string of the molecule is NC(=O)NNC(=O)CNC(=O)OCc1ccccc1. The molecule has 102 valence electrons. The predicted molar refractivity (Wildman–Crippen MR) is 65.5 cm³/mol. The number of nitrogens with one attached hydrogen (secondary N) is 3. The van der Waals surface area contributed by atoms with Gasteiger partial charge in [-0.2, -0.15) is 0 Å². The van der Waals surface area contributed by atoms with Gasteiger partial charge >= 0.3 is 12.1 Å². The van der Waals surface area contributed by atoms with E-state index in [2.05, 4.69) is 5.32 Å². The van der Waals surface area contributed by atoms with Gasteiger partial charge < -0.3 is 15.8 Å². The number of alkyl carbamates (subject to hydrolysis) is 1. The minimum Gasteiger partial charge on any atom is -0.445 e. The van der Waals surface area contributed by atoms with Crippen LogP contribution in [0.4, 0.5) is 9.59 Å². The van der Waals surface area contributed by atoms with E-state index in [9.17, 15) is 14.4 Å². The van der Waals surface area contributed by atoms with E-state index in [-0.39, 0.29) is 13.2 Å². The maximum atomic E-state index is 11.2. The van der Waals surface area contributed by atoms with Crippen LogP contribution in [0.25, 0.3) is 0 Å². The van der Waals surface area contributed by atoms with Crippen molar-refractivity contribution in [1.82, 2.24) is 16.2 Å². The van der Waals surface area contributed by atoms with E-state index in [1.807, 2.05) is 29.1 Å². The summed E-state index contributed by atoms with van der Waals surface area (Å²) in [7, 11) is 0. The number of benzene rings is 1. The number of carbonyl (C=O) groups is 3. The lowest BCUT2D eigenvalue weighted by Gasteiger charge is -2.07. The first-order chi connectivity index (χ1) is 9.08. The zero-order chi connectivity index (χ0) is 14.1. The van der Waals surface area contributed by atoms with Crippen molar-refractivity contribution in [2.24, 2.45) is 5.73 Å². The summed E-state index contributed by atoms with van der Waals surface area (Å²) in [6, 6.07) is 8.19. The topological polar surface area (TPSA) is 123 Å². The van der Waals surface area contributed by atoms with Crippen LogP contribution in [0.1, 0.15) is 5.56 Å². The zero-order valence-corrected chi connectivity index (χ0v) is 10.0. The lowest BCUT2D eigenvalue weighted by atomic mass is 10.2. The van der Waals surface area contributed by atoms with Gasteiger partial charge in [-0.1, -0.05) is 30.3 Å². The molecule has 0 aliphatic carbocycles. The lowest BCUT2D eigenvalue weighted by Crippen LogP contribution is -2.48. The van der Waals surface area contributed by atoms with E-state index in [0.717, 1.165) is 5.56 Å². The molecule has 0 fully saturated rings. The summed E-state index contributed by atoms with van der Waals surface area (Å²) in [6.07, 6.45) is -0.738. The number of hydrogen-bond acceptors (Lipinski definition) is 4. The summed E-state index contributed by atoms with van der Waals surface area (Å²) in [5.41, 5.74) is 9.41. The highest BCUT2D eigenvalue weighted by molar-refractivity contribution is 5.84. The van der Waals surface area contributed by atoms with Crippen molar-refractivity contribution in [1.29, 1.82) is 0 Å². The molecule has 8 heteroatoms. The lowest BCUT2D eigenvalue weighted by molar-refractivity contribution is -0.120. The average Bonchev–Trinajstić information content (AvgIpc) is 2.41. The highest BCUT2D eigenvalue weighted by atomic mass is 16.5. The number of urea groups is 1. The number of nitrogens with two attached hydrogens (primary N) is 1. The van der Waals surface area contributed by atoms with Crippen LogP contribution in [0.2, 0.25) is 0 Å². The molecule has 0 unspecified atom stereocenters. The van der Waals surface area contributed by atoms with Gasteiger partial charge in [0.2, 0.25) is 0 Å². The van der Waals surface area contributed by atoms with Crippen LogP contribution in [0.5, 0.6) is 0 Å². The molecule has 0 bridgehead atoms. The van der Waals surface area contributed by atoms with Crippen LogP contribution < -0.4 is 21.9 Å². The quantitative estimate of drug-likeness (QED) is 0.554. The Morgan fingerprint density at radius 3 is 2.42 bits per heavy atom. The number of carbonyl (C=O) groups excluding carboxylic acids is 3. The third kappa shape index (κ3) is 6.51. The molecular formula is C11H14N4O4. The first-order valence-electron chi connectivity index (χ1n) is 5.37. The number of rotatable bonds is 4. The molecule has 0 saturated heterocycles. The third-order valence-corrected chi connectivity index (χ3v) is 1.93. The first kappa shape index (κ1) is 14.3. The van der Waals surface area contributed by atoms with Crippen molar-refractivity contribution in [3.63, 3.8) is 0 Å². The molecular weight excluding hydrogens is 252 g/mol. The summed E-state index contributed by atoms with van der Waals surface area (Å²) in [5.74, 6) is -0.629. The summed E-state index contributed by atoms with van der Waals surface area (Å²) in [5, 5.41) is 2.21. The van der Waals surface area contributed by atoms with Crippen LogP contribution in [0.15, 0.2) is 30.3 Å². The highest BCUT2D eigenvalue weighted by Crippen LogP contribution is 2.00.